The Morgan fingerprint density at radius 1 is 1.35 bits per heavy atom. The van der Waals surface area contributed by atoms with Crippen LogP contribution in [-0.4, -0.2) is 36.5 Å². The average molecular weight is 318 g/mol. The molecule has 1 amide bonds. The number of carbonyl (C=O) groups excluding carboxylic acids is 1. The summed E-state index contributed by atoms with van der Waals surface area (Å²) in [7, 11) is 1.67. The minimum Gasteiger partial charge on any atom is -0.497 e. The van der Waals surface area contributed by atoms with Crippen molar-refractivity contribution in [1.29, 1.82) is 0 Å². The molecule has 4 nitrogen and oxygen atoms in total. The molecular weight excluding hydrogens is 288 g/mol. The quantitative estimate of drug-likeness (QED) is 0.877. The standard InChI is InChI=1S/C19H30N2O2/c1-4-21(19(22)16-6-5-7-17(20)13-16)14(2)12-15-8-10-18(23-3)11-9-15/h8-11,14,16-17H,4-7,12-13,20H2,1-3H3. The van der Waals surface area contributed by atoms with Crippen molar-refractivity contribution in [2.75, 3.05) is 13.7 Å². The molecule has 0 heterocycles. The van der Waals surface area contributed by atoms with E-state index in [1.54, 1.807) is 7.11 Å². The van der Waals surface area contributed by atoms with Gasteiger partial charge >= 0.3 is 0 Å². The zero-order valence-corrected chi connectivity index (χ0v) is 14.6. The Balaban J connectivity index is 1.99. The van der Waals surface area contributed by atoms with Crippen LogP contribution < -0.4 is 10.5 Å². The second kappa shape index (κ2) is 8.34. The van der Waals surface area contributed by atoms with E-state index < -0.39 is 0 Å². The molecule has 0 aliphatic heterocycles. The minimum absolute atomic E-state index is 0.108. The fourth-order valence-corrected chi connectivity index (χ4v) is 3.58. The number of hydrogen-bond donors (Lipinski definition) is 1. The molecule has 1 aromatic rings. The molecule has 0 radical (unpaired) electrons. The smallest absolute Gasteiger partial charge is 0.225 e. The Morgan fingerprint density at radius 3 is 2.61 bits per heavy atom. The zero-order valence-electron chi connectivity index (χ0n) is 14.6. The second-order valence-corrected chi connectivity index (χ2v) is 6.65. The fourth-order valence-electron chi connectivity index (χ4n) is 3.58. The van der Waals surface area contributed by atoms with Gasteiger partial charge < -0.3 is 15.4 Å². The maximum absolute atomic E-state index is 12.9. The van der Waals surface area contributed by atoms with Crippen molar-refractivity contribution in [2.24, 2.45) is 11.7 Å². The Hall–Kier alpha value is -1.55. The van der Waals surface area contributed by atoms with Crippen LogP contribution >= 0.6 is 0 Å². The molecule has 3 unspecified atom stereocenters. The van der Waals surface area contributed by atoms with E-state index in [9.17, 15) is 4.79 Å². The molecular formula is C19H30N2O2. The van der Waals surface area contributed by atoms with Crippen molar-refractivity contribution in [3.63, 3.8) is 0 Å². The molecule has 3 atom stereocenters. The van der Waals surface area contributed by atoms with Crippen molar-refractivity contribution in [3.8, 4) is 5.75 Å². The van der Waals surface area contributed by atoms with E-state index in [4.69, 9.17) is 10.5 Å². The normalized spacial score (nSPS) is 22.4. The summed E-state index contributed by atoms with van der Waals surface area (Å²) in [5.74, 6) is 1.25. The summed E-state index contributed by atoms with van der Waals surface area (Å²) in [6.07, 6.45) is 4.81. The van der Waals surface area contributed by atoms with Crippen molar-refractivity contribution in [2.45, 2.75) is 58.0 Å². The van der Waals surface area contributed by atoms with Crippen LogP contribution in [-0.2, 0) is 11.2 Å². The molecule has 0 aromatic heterocycles. The highest BCUT2D eigenvalue weighted by atomic mass is 16.5. The molecule has 0 spiro atoms. The molecule has 1 aliphatic rings. The molecule has 1 aliphatic carbocycles. The Labute approximate surface area is 140 Å². The number of likely N-dealkylation sites (N-methyl/N-ethyl adjacent to an activating group) is 1. The van der Waals surface area contributed by atoms with E-state index in [0.29, 0.717) is 0 Å². The summed E-state index contributed by atoms with van der Waals surface area (Å²) >= 11 is 0. The van der Waals surface area contributed by atoms with E-state index in [-0.39, 0.29) is 23.9 Å². The van der Waals surface area contributed by atoms with Gasteiger partial charge in [-0.3, -0.25) is 4.79 Å². The van der Waals surface area contributed by atoms with Gasteiger partial charge in [-0.2, -0.15) is 0 Å². The maximum Gasteiger partial charge on any atom is 0.225 e. The number of carbonyl (C=O) groups is 1. The summed E-state index contributed by atoms with van der Waals surface area (Å²) in [6, 6.07) is 8.47. The summed E-state index contributed by atoms with van der Waals surface area (Å²) in [4.78, 5) is 14.9. The third-order valence-electron chi connectivity index (χ3n) is 4.91. The van der Waals surface area contributed by atoms with Crippen LogP contribution in [0.3, 0.4) is 0 Å². The molecule has 0 saturated heterocycles. The van der Waals surface area contributed by atoms with Crippen molar-refractivity contribution < 1.29 is 9.53 Å². The van der Waals surface area contributed by atoms with Gasteiger partial charge in [-0.05, 0) is 57.2 Å². The lowest BCUT2D eigenvalue weighted by atomic mass is 9.85. The largest absolute Gasteiger partial charge is 0.497 e. The number of nitrogens with zero attached hydrogens (tertiary/aromatic N) is 1. The number of ether oxygens (including phenoxy) is 1. The summed E-state index contributed by atoms with van der Waals surface area (Å²) in [5.41, 5.74) is 7.28. The Kier molecular flexibility index (Phi) is 6.46. The third kappa shape index (κ3) is 4.71. The van der Waals surface area contributed by atoms with Crippen molar-refractivity contribution in [1.82, 2.24) is 4.90 Å². The molecule has 23 heavy (non-hydrogen) atoms. The van der Waals surface area contributed by atoms with Gasteiger partial charge in [-0.25, -0.2) is 0 Å². The number of rotatable bonds is 6. The molecule has 1 saturated carbocycles. The van der Waals surface area contributed by atoms with Crippen molar-refractivity contribution in [3.05, 3.63) is 29.8 Å². The second-order valence-electron chi connectivity index (χ2n) is 6.65. The van der Waals surface area contributed by atoms with Gasteiger partial charge in [-0.1, -0.05) is 18.6 Å². The van der Waals surface area contributed by atoms with Crippen LogP contribution in [0.2, 0.25) is 0 Å². The summed E-state index contributed by atoms with van der Waals surface area (Å²) in [5, 5.41) is 0. The third-order valence-corrected chi connectivity index (χ3v) is 4.91. The summed E-state index contributed by atoms with van der Waals surface area (Å²) < 4.78 is 5.19. The first-order valence-electron chi connectivity index (χ1n) is 8.74. The van der Waals surface area contributed by atoms with E-state index in [1.165, 1.54) is 5.56 Å². The summed E-state index contributed by atoms with van der Waals surface area (Å²) in [6.45, 7) is 4.95. The van der Waals surface area contributed by atoms with Crippen LogP contribution in [0.5, 0.6) is 5.75 Å². The van der Waals surface area contributed by atoms with Gasteiger partial charge in [-0.15, -0.1) is 0 Å². The van der Waals surface area contributed by atoms with Gasteiger partial charge in [0.2, 0.25) is 5.91 Å². The lowest BCUT2D eigenvalue weighted by molar-refractivity contribution is -0.138. The van der Waals surface area contributed by atoms with Gasteiger partial charge in [0, 0.05) is 24.5 Å². The van der Waals surface area contributed by atoms with E-state index in [2.05, 4.69) is 26.0 Å². The van der Waals surface area contributed by atoms with E-state index in [1.807, 2.05) is 17.0 Å². The lowest BCUT2D eigenvalue weighted by Gasteiger charge is -2.34. The molecule has 2 N–H and O–H groups in total. The Bertz CT molecular complexity index is 501. The average Bonchev–Trinajstić information content (AvgIpc) is 2.56. The molecule has 128 valence electrons. The highest BCUT2D eigenvalue weighted by Crippen LogP contribution is 2.26. The lowest BCUT2D eigenvalue weighted by Crippen LogP contribution is -2.45. The molecule has 2 rings (SSSR count). The van der Waals surface area contributed by atoms with Crippen LogP contribution in [0.15, 0.2) is 24.3 Å². The fraction of sp³-hybridized carbons (Fsp3) is 0.632. The van der Waals surface area contributed by atoms with Crippen molar-refractivity contribution >= 4 is 5.91 Å². The van der Waals surface area contributed by atoms with Gasteiger partial charge in [0.05, 0.1) is 7.11 Å². The first-order chi connectivity index (χ1) is 11.0. The topological polar surface area (TPSA) is 55.6 Å². The number of methoxy groups -OCH3 is 1. The van der Waals surface area contributed by atoms with Crippen LogP contribution in [0.1, 0.15) is 45.1 Å². The number of hydrogen-bond acceptors (Lipinski definition) is 3. The maximum atomic E-state index is 12.9. The van der Waals surface area contributed by atoms with Crippen LogP contribution in [0, 0.1) is 5.92 Å². The highest BCUT2D eigenvalue weighted by molar-refractivity contribution is 5.79. The molecule has 1 aromatic carbocycles. The monoisotopic (exact) mass is 318 g/mol. The minimum atomic E-state index is 0.108. The number of nitrogens with two attached hydrogens (primary N) is 1. The van der Waals surface area contributed by atoms with Gasteiger partial charge in [0.1, 0.15) is 5.75 Å². The van der Waals surface area contributed by atoms with E-state index in [0.717, 1.165) is 44.4 Å². The van der Waals surface area contributed by atoms with Crippen LogP contribution in [0.4, 0.5) is 0 Å². The van der Waals surface area contributed by atoms with E-state index >= 15 is 0 Å². The predicted octanol–water partition coefficient (Wildman–Crippen LogP) is 2.99. The van der Waals surface area contributed by atoms with Crippen LogP contribution in [0.25, 0.3) is 0 Å². The highest BCUT2D eigenvalue weighted by Gasteiger charge is 2.30. The van der Waals surface area contributed by atoms with Gasteiger partial charge in [0.25, 0.3) is 0 Å². The zero-order chi connectivity index (χ0) is 16.8. The molecule has 4 heteroatoms. The predicted molar refractivity (Wildman–Crippen MR) is 93.5 cm³/mol. The Morgan fingerprint density at radius 2 is 2.04 bits per heavy atom. The molecule has 1 fully saturated rings. The number of amides is 1. The first-order valence-corrected chi connectivity index (χ1v) is 8.74. The first kappa shape index (κ1) is 17.8. The SMILES string of the molecule is CCN(C(=O)C1CCCC(N)C1)C(C)Cc1ccc(OC)cc1. The molecule has 0 bridgehead atoms. The number of benzene rings is 1. The van der Waals surface area contributed by atoms with Gasteiger partial charge in [0.15, 0.2) is 0 Å².